The summed E-state index contributed by atoms with van der Waals surface area (Å²) in [7, 11) is 0. The molecule has 1 aromatic carbocycles. The first kappa shape index (κ1) is 15.5. The lowest BCUT2D eigenvalue weighted by Gasteiger charge is -2.34. The van der Waals surface area contributed by atoms with Crippen molar-refractivity contribution < 1.29 is 0 Å². The molecule has 0 bridgehead atoms. The zero-order valence-corrected chi connectivity index (χ0v) is 13.9. The van der Waals surface area contributed by atoms with E-state index in [4.69, 9.17) is 0 Å². The van der Waals surface area contributed by atoms with Gasteiger partial charge in [-0.1, -0.05) is 18.2 Å². The monoisotopic (exact) mass is 313 g/mol. The Hall–Kier alpha value is -1.36. The maximum absolute atomic E-state index is 4.20. The van der Waals surface area contributed by atoms with Gasteiger partial charge in [0, 0.05) is 56.6 Å². The van der Waals surface area contributed by atoms with Crippen molar-refractivity contribution in [3.63, 3.8) is 0 Å². The topological polar surface area (TPSA) is 19.4 Å². The molecule has 0 spiro atoms. The number of pyridine rings is 1. The molecule has 0 unspecified atom stereocenters. The molecule has 1 aromatic heterocycles. The number of nitrogens with zero attached hydrogens (tertiary/aromatic N) is 3. The SMILES string of the molecule is CSc1ccc(CN2CCN(Cc3cccnc3)CC2)cc1. The number of aromatic nitrogens is 1. The number of benzene rings is 1. The summed E-state index contributed by atoms with van der Waals surface area (Å²) < 4.78 is 0. The van der Waals surface area contributed by atoms with Crippen LogP contribution in [0.2, 0.25) is 0 Å². The molecule has 4 heteroatoms. The van der Waals surface area contributed by atoms with Crippen LogP contribution in [0.25, 0.3) is 0 Å². The Bertz CT molecular complexity index is 563. The van der Waals surface area contributed by atoms with Crippen LogP contribution in [0, 0.1) is 0 Å². The summed E-state index contributed by atoms with van der Waals surface area (Å²) in [6.07, 6.45) is 5.93. The third kappa shape index (κ3) is 4.32. The highest BCUT2D eigenvalue weighted by molar-refractivity contribution is 7.98. The van der Waals surface area contributed by atoms with E-state index in [0.29, 0.717) is 0 Å². The van der Waals surface area contributed by atoms with Crippen molar-refractivity contribution in [2.24, 2.45) is 0 Å². The molecule has 22 heavy (non-hydrogen) atoms. The molecule has 2 aromatic rings. The second kappa shape index (κ2) is 7.77. The normalized spacial score (nSPS) is 16.8. The van der Waals surface area contributed by atoms with Gasteiger partial charge in [0.05, 0.1) is 0 Å². The summed E-state index contributed by atoms with van der Waals surface area (Å²) >= 11 is 1.80. The average molecular weight is 313 g/mol. The molecule has 0 amide bonds. The van der Waals surface area contributed by atoms with Gasteiger partial charge < -0.3 is 0 Å². The zero-order valence-electron chi connectivity index (χ0n) is 13.1. The minimum atomic E-state index is 1.02. The fraction of sp³-hybridized carbons (Fsp3) is 0.389. The van der Waals surface area contributed by atoms with E-state index in [1.165, 1.54) is 16.0 Å². The molecule has 3 rings (SSSR count). The van der Waals surface area contributed by atoms with Crippen molar-refractivity contribution >= 4 is 11.8 Å². The Balaban J connectivity index is 1.47. The summed E-state index contributed by atoms with van der Waals surface area (Å²) in [5, 5.41) is 0. The molecule has 0 aliphatic carbocycles. The average Bonchev–Trinajstić information content (AvgIpc) is 2.58. The van der Waals surface area contributed by atoms with Crippen molar-refractivity contribution in [3.8, 4) is 0 Å². The molecular weight excluding hydrogens is 290 g/mol. The number of hydrogen-bond acceptors (Lipinski definition) is 4. The van der Waals surface area contributed by atoms with Crippen LogP contribution in [0.15, 0.2) is 53.7 Å². The smallest absolute Gasteiger partial charge is 0.0312 e. The maximum Gasteiger partial charge on any atom is 0.0312 e. The van der Waals surface area contributed by atoms with Crippen LogP contribution in [0.5, 0.6) is 0 Å². The van der Waals surface area contributed by atoms with E-state index in [2.05, 4.69) is 51.4 Å². The zero-order chi connectivity index (χ0) is 15.2. The molecule has 0 radical (unpaired) electrons. The Morgan fingerprint density at radius 3 is 2.09 bits per heavy atom. The Morgan fingerprint density at radius 2 is 1.55 bits per heavy atom. The first-order valence-corrected chi connectivity index (χ1v) is 9.02. The lowest BCUT2D eigenvalue weighted by molar-refractivity contribution is 0.122. The summed E-state index contributed by atoms with van der Waals surface area (Å²) in [5.41, 5.74) is 2.72. The minimum absolute atomic E-state index is 1.02. The summed E-state index contributed by atoms with van der Waals surface area (Å²) in [6, 6.07) is 13.1. The lowest BCUT2D eigenvalue weighted by atomic mass is 10.2. The Labute approximate surface area is 137 Å². The van der Waals surface area contributed by atoms with Crippen LogP contribution < -0.4 is 0 Å². The number of thioether (sulfide) groups is 1. The van der Waals surface area contributed by atoms with Crippen molar-refractivity contribution in [3.05, 3.63) is 59.9 Å². The van der Waals surface area contributed by atoms with Crippen LogP contribution in [0.4, 0.5) is 0 Å². The maximum atomic E-state index is 4.20. The van der Waals surface area contributed by atoms with E-state index in [1.807, 2.05) is 18.5 Å². The molecule has 0 saturated carbocycles. The molecule has 1 saturated heterocycles. The van der Waals surface area contributed by atoms with Crippen LogP contribution in [-0.4, -0.2) is 47.2 Å². The van der Waals surface area contributed by atoms with Crippen LogP contribution in [-0.2, 0) is 13.1 Å². The molecular formula is C18H23N3S. The van der Waals surface area contributed by atoms with Gasteiger partial charge in [-0.25, -0.2) is 0 Å². The van der Waals surface area contributed by atoms with Crippen molar-refractivity contribution in [2.75, 3.05) is 32.4 Å². The summed E-state index contributed by atoms with van der Waals surface area (Å²) in [4.78, 5) is 10.6. The molecule has 2 heterocycles. The molecule has 1 aliphatic heterocycles. The van der Waals surface area contributed by atoms with Crippen molar-refractivity contribution in [1.82, 2.24) is 14.8 Å². The summed E-state index contributed by atoms with van der Waals surface area (Å²) in [5.74, 6) is 0. The summed E-state index contributed by atoms with van der Waals surface area (Å²) in [6.45, 7) is 6.64. The first-order chi connectivity index (χ1) is 10.8. The fourth-order valence-electron chi connectivity index (χ4n) is 2.84. The van der Waals surface area contributed by atoms with E-state index in [9.17, 15) is 0 Å². The van der Waals surface area contributed by atoms with E-state index in [0.717, 1.165) is 39.3 Å². The molecule has 0 N–H and O–H groups in total. The lowest BCUT2D eigenvalue weighted by Crippen LogP contribution is -2.45. The predicted molar refractivity (Wildman–Crippen MR) is 93.0 cm³/mol. The number of piperazine rings is 1. The van der Waals surface area contributed by atoms with Gasteiger partial charge in [-0.2, -0.15) is 0 Å². The first-order valence-electron chi connectivity index (χ1n) is 7.80. The predicted octanol–water partition coefficient (Wildman–Crippen LogP) is 3.12. The van der Waals surface area contributed by atoms with Crippen LogP contribution >= 0.6 is 11.8 Å². The Kier molecular flexibility index (Phi) is 5.48. The number of rotatable bonds is 5. The van der Waals surface area contributed by atoms with Crippen molar-refractivity contribution in [1.29, 1.82) is 0 Å². The highest BCUT2D eigenvalue weighted by Gasteiger charge is 2.17. The van der Waals surface area contributed by atoms with Crippen molar-refractivity contribution in [2.45, 2.75) is 18.0 Å². The van der Waals surface area contributed by atoms with Gasteiger partial charge in [0.25, 0.3) is 0 Å². The van der Waals surface area contributed by atoms with Gasteiger partial charge in [-0.05, 0) is 35.6 Å². The van der Waals surface area contributed by atoms with E-state index < -0.39 is 0 Å². The Morgan fingerprint density at radius 1 is 0.909 bits per heavy atom. The largest absolute Gasteiger partial charge is 0.297 e. The third-order valence-corrected chi connectivity index (χ3v) is 4.90. The minimum Gasteiger partial charge on any atom is -0.297 e. The standard InChI is InChI=1S/C18H23N3S/c1-22-18-6-4-16(5-7-18)14-20-9-11-21(12-10-20)15-17-3-2-8-19-13-17/h2-8,13H,9-12,14-15H2,1H3. The van der Waals surface area contributed by atoms with E-state index in [-0.39, 0.29) is 0 Å². The van der Waals surface area contributed by atoms with Gasteiger partial charge in [0.15, 0.2) is 0 Å². The van der Waals surface area contributed by atoms with E-state index >= 15 is 0 Å². The highest BCUT2D eigenvalue weighted by atomic mass is 32.2. The van der Waals surface area contributed by atoms with Gasteiger partial charge in [0.1, 0.15) is 0 Å². The third-order valence-electron chi connectivity index (χ3n) is 4.16. The van der Waals surface area contributed by atoms with E-state index in [1.54, 1.807) is 11.8 Å². The van der Waals surface area contributed by atoms with Crippen LogP contribution in [0.1, 0.15) is 11.1 Å². The second-order valence-corrected chi connectivity index (χ2v) is 6.64. The number of hydrogen-bond donors (Lipinski definition) is 0. The second-order valence-electron chi connectivity index (χ2n) is 5.76. The fourth-order valence-corrected chi connectivity index (χ4v) is 3.25. The van der Waals surface area contributed by atoms with Gasteiger partial charge in [0.2, 0.25) is 0 Å². The molecule has 3 nitrogen and oxygen atoms in total. The molecule has 1 fully saturated rings. The van der Waals surface area contributed by atoms with Gasteiger partial charge in [-0.15, -0.1) is 11.8 Å². The van der Waals surface area contributed by atoms with Gasteiger partial charge >= 0.3 is 0 Å². The quantitative estimate of drug-likeness (QED) is 0.790. The molecule has 116 valence electrons. The highest BCUT2D eigenvalue weighted by Crippen LogP contribution is 2.16. The molecule has 1 aliphatic rings. The van der Waals surface area contributed by atoms with Crippen LogP contribution in [0.3, 0.4) is 0 Å². The van der Waals surface area contributed by atoms with Gasteiger partial charge in [-0.3, -0.25) is 14.8 Å². The molecule has 0 atom stereocenters.